The Hall–Kier alpha value is -2.72. The van der Waals surface area contributed by atoms with Gasteiger partial charge in [-0.1, -0.05) is 11.6 Å². The number of nitrogens with one attached hydrogen (secondary N) is 3. The third-order valence-electron chi connectivity index (χ3n) is 4.10. The van der Waals surface area contributed by atoms with Gasteiger partial charge in [-0.3, -0.25) is 5.32 Å². The maximum atomic E-state index is 12.0. The maximum Gasteiger partial charge on any atom is 0.321 e. The average molecular weight is 390 g/mol. The summed E-state index contributed by atoms with van der Waals surface area (Å²) in [5, 5.41) is 26.8. The van der Waals surface area contributed by atoms with Gasteiger partial charge in [0.15, 0.2) is 0 Å². The van der Waals surface area contributed by atoms with Crippen molar-refractivity contribution < 1.29 is 9.90 Å². The smallest absolute Gasteiger partial charge is 0.321 e. The molecule has 7 nitrogen and oxygen atoms in total. The Morgan fingerprint density at radius 2 is 2.26 bits per heavy atom. The van der Waals surface area contributed by atoms with E-state index in [0.717, 1.165) is 19.3 Å². The molecule has 8 heteroatoms. The van der Waals surface area contributed by atoms with Gasteiger partial charge < -0.3 is 15.7 Å². The van der Waals surface area contributed by atoms with Crippen molar-refractivity contribution in [1.82, 2.24) is 16.0 Å². The minimum absolute atomic E-state index is 0.186. The molecule has 0 saturated carbocycles. The second-order valence-electron chi connectivity index (χ2n) is 6.31. The number of guanidine groups is 1. The largest absolute Gasteiger partial charge is 0.508 e. The summed E-state index contributed by atoms with van der Waals surface area (Å²) in [6.07, 6.45) is 5.02. The summed E-state index contributed by atoms with van der Waals surface area (Å²) in [5.74, 6) is 0.483. The number of carbonyl (C=O) groups excluding carboxylic acids is 1. The molecule has 27 heavy (non-hydrogen) atoms. The lowest BCUT2D eigenvalue weighted by Gasteiger charge is -2.18. The summed E-state index contributed by atoms with van der Waals surface area (Å²) in [5.41, 5.74) is 2.51. The number of phenolic OH excluding ortho intramolecular Hbond substituents is 1. The van der Waals surface area contributed by atoms with Crippen molar-refractivity contribution >= 4 is 29.3 Å². The van der Waals surface area contributed by atoms with Crippen molar-refractivity contribution in [3.63, 3.8) is 0 Å². The Kier molecular flexibility index (Phi) is 7.96. The van der Waals surface area contributed by atoms with Gasteiger partial charge >= 0.3 is 6.03 Å². The molecule has 1 aliphatic carbocycles. The van der Waals surface area contributed by atoms with Gasteiger partial charge in [-0.05, 0) is 49.9 Å². The highest BCUT2D eigenvalue weighted by Crippen LogP contribution is 2.23. The number of aromatic hydroxyl groups is 1. The molecule has 0 aromatic heterocycles. The van der Waals surface area contributed by atoms with Crippen molar-refractivity contribution in [1.29, 1.82) is 5.26 Å². The molecule has 4 N–H and O–H groups in total. The van der Waals surface area contributed by atoms with Crippen LogP contribution in [-0.2, 0) is 0 Å². The minimum atomic E-state index is -0.439. The zero-order valence-electron chi connectivity index (χ0n) is 15.3. The van der Waals surface area contributed by atoms with E-state index in [0.29, 0.717) is 23.8 Å². The summed E-state index contributed by atoms with van der Waals surface area (Å²) >= 11 is 6.11. The first-order chi connectivity index (χ1) is 13.0. The van der Waals surface area contributed by atoms with Crippen LogP contribution in [0, 0.1) is 18.3 Å². The summed E-state index contributed by atoms with van der Waals surface area (Å²) in [4.78, 5) is 16.4. The van der Waals surface area contributed by atoms with Crippen molar-refractivity contribution in [2.75, 3.05) is 13.1 Å². The van der Waals surface area contributed by atoms with E-state index in [-0.39, 0.29) is 24.1 Å². The number of benzene rings is 1. The van der Waals surface area contributed by atoms with E-state index in [1.54, 1.807) is 25.1 Å². The van der Waals surface area contributed by atoms with E-state index < -0.39 is 6.03 Å². The average Bonchev–Trinajstić information content (AvgIpc) is 2.64. The Balaban J connectivity index is 2.07. The molecule has 1 unspecified atom stereocenters. The molecule has 0 aliphatic heterocycles. The lowest BCUT2D eigenvalue weighted by Crippen LogP contribution is -2.46. The van der Waals surface area contributed by atoms with Crippen molar-refractivity contribution in [3.8, 4) is 11.8 Å². The molecule has 2 amide bonds. The molecule has 1 aromatic carbocycles. The van der Waals surface area contributed by atoms with Crippen LogP contribution in [0.4, 0.5) is 10.5 Å². The Morgan fingerprint density at radius 1 is 1.44 bits per heavy atom. The number of aryl methyl sites for hydroxylation is 1. The predicted molar refractivity (Wildman–Crippen MR) is 106 cm³/mol. The SMILES string of the molecule is Cc1cc(/N=C(/NCC2=CCC(Cl)CC2)NC(=O)NCCC#N)ccc1O. The van der Waals surface area contributed by atoms with Gasteiger partial charge in [0, 0.05) is 18.5 Å². The molecule has 0 heterocycles. The topological polar surface area (TPSA) is 110 Å². The first-order valence-electron chi connectivity index (χ1n) is 8.84. The number of nitrogens with zero attached hydrogens (tertiary/aromatic N) is 2. The van der Waals surface area contributed by atoms with E-state index in [1.165, 1.54) is 5.57 Å². The third-order valence-corrected chi connectivity index (χ3v) is 4.50. The zero-order chi connectivity index (χ0) is 19.6. The highest BCUT2D eigenvalue weighted by molar-refractivity contribution is 6.20. The Labute approximate surface area is 164 Å². The number of alkyl halides is 1. The number of halogens is 1. The molecule has 0 radical (unpaired) electrons. The maximum absolute atomic E-state index is 12.0. The number of urea groups is 1. The lowest BCUT2D eigenvalue weighted by molar-refractivity contribution is 0.245. The van der Waals surface area contributed by atoms with Gasteiger partial charge in [-0.25, -0.2) is 9.79 Å². The van der Waals surface area contributed by atoms with Gasteiger partial charge in [-0.15, -0.1) is 11.6 Å². The molecule has 0 spiro atoms. The first-order valence-corrected chi connectivity index (χ1v) is 9.27. The quantitative estimate of drug-likeness (QED) is 0.204. The molecule has 2 rings (SSSR count). The third kappa shape index (κ3) is 7.19. The van der Waals surface area contributed by atoms with Gasteiger partial charge in [0.05, 0.1) is 18.2 Å². The van der Waals surface area contributed by atoms with E-state index in [1.807, 2.05) is 6.07 Å². The number of hydrogen-bond donors (Lipinski definition) is 4. The molecule has 1 aromatic rings. The second kappa shape index (κ2) is 10.4. The first kappa shape index (κ1) is 20.6. The van der Waals surface area contributed by atoms with Crippen LogP contribution < -0.4 is 16.0 Å². The number of nitriles is 1. The van der Waals surface area contributed by atoms with Gasteiger partial charge in [0.2, 0.25) is 5.96 Å². The van der Waals surface area contributed by atoms with Gasteiger partial charge in [-0.2, -0.15) is 5.26 Å². The minimum Gasteiger partial charge on any atom is -0.508 e. The van der Waals surface area contributed by atoms with Crippen LogP contribution in [0.25, 0.3) is 0 Å². The van der Waals surface area contributed by atoms with E-state index in [9.17, 15) is 9.90 Å². The number of allylic oxidation sites excluding steroid dienone is 1. The van der Waals surface area contributed by atoms with Crippen molar-refractivity contribution in [2.45, 2.75) is 38.0 Å². The Morgan fingerprint density at radius 3 is 2.93 bits per heavy atom. The fourth-order valence-electron chi connectivity index (χ4n) is 2.55. The normalized spacial score (nSPS) is 16.9. The number of rotatable bonds is 5. The Bertz CT molecular complexity index is 770. The number of phenols is 1. The molecular weight excluding hydrogens is 366 g/mol. The lowest BCUT2D eigenvalue weighted by atomic mass is 9.99. The summed E-state index contributed by atoms with van der Waals surface area (Å²) in [6, 6.07) is 6.48. The van der Waals surface area contributed by atoms with Crippen LogP contribution in [0.2, 0.25) is 0 Å². The van der Waals surface area contributed by atoms with Crippen LogP contribution in [-0.4, -0.2) is 35.6 Å². The highest BCUT2D eigenvalue weighted by atomic mass is 35.5. The van der Waals surface area contributed by atoms with Crippen LogP contribution in [0.1, 0.15) is 31.2 Å². The monoisotopic (exact) mass is 389 g/mol. The van der Waals surface area contributed by atoms with E-state index in [4.69, 9.17) is 16.9 Å². The van der Waals surface area contributed by atoms with Crippen LogP contribution >= 0.6 is 11.6 Å². The van der Waals surface area contributed by atoms with Crippen LogP contribution in [0.5, 0.6) is 5.75 Å². The van der Waals surface area contributed by atoms with Gasteiger partial charge in [0.25, 0.3) is 0 Å². The highest BCUT2D eigenvalue weighted by Gasteiger charge is 2.13. The van der Waals surface area contributed by atoms with Gasteiger partial charge in [0.1, 0.15) is 5.75 Å². The van der Waals surface area contributed by atoms with Crippen molar-refractivity contribution in [3.05, 3.63) is 35.4 Å². The number of hydrogen-bond acceptors (Lipinski definition) is 4. The molecule has 0 bridgehead atoms. The molecule has 144 valence electrons. The second-order valence-corrected chi connectivity index (χ2v) is 6.93. The van der Waals surface area contributed by atoms with E-state index >= 15 is 0 Å². The predicted octanol–water partition coefficient (Wildman–Crippen LogP) is 3.21. The number of carbonyl (C=O) groups is 1. The van der Waals surface area contributed by atoms with E-state index in [2.05, 4.69) is 27.0 Å². The standard InChI is InChI=1S/C19H24ClN5O2/c1-13-11-16(7-8-17(13)26)24-18(25-19(27)22-10-2-9-21)23-12-14-3-5-15(20)6-4-14/h3,7-8,11,15,26H,2,4-6,10,12H2,1H3,(H3,22,23,24,25,27). The molecule has 1 aliphatic rings. The molecule has 0 fully saturated rings. The summed E-state index contributed by atoms with van der Waals surface area (Å²) < 4.78 is 0. The molecule has 1 atom stereocenters. The zero-order valence-corrected chi connectivity index (χ0v) is 16.0. The number of amides is 2. The molecular formula is C19H24ClN5O2. The van der Waals surface area contributed by atoms with Crippen LogP contribution in [0.15, 0.2) is 34.8 Å². The number of aliphatic imine (C=N–C) groups is 1. The van der Waals surface area contributed by atoms with Crippen molar-refractivity contribution in [2.24, 2.45) is 4.99 Å². The summed E-state index contributed by atoms with van der Waals surface area (Å²) in [6.45, 7) is 2.59. The molecule has 0 saturated heterocycles. The fraction of sp³-hybridized carbons (Fsp3) is 0.421. The summed E-state index contributed by atoms with van der Waals surface area (Å²) in [7, 11) is 0. The van der Waals surface area contributed by atoms with Crippen LogP contribution in [0.3, 0.4) is 0 Å². The fourth-order valence-corrected chi connectivity index (χ4v) is 2.75.